The first-order valence-corrected chi connectivity index (χ1v) is 9.60. The number of aryl methyl sites for hydroxylation is 1. The van der Waals surface area contributed by atoms with Crippen molar-refractivity contribution in [3.8, 4) is 16.8 Å². The Hall–Kier alpha value is -3.92. The molecule has 0 aliphatic carbocycles. The van der Waals surface area contributed by atoms with Crippen LogP contribution in [0.2, 0.25) is 0 Å². The molecule has 5 rings (SSSR count). The van der Waals surface area contributed by atoms with Crippen LogP contribution in [0.4, 0.5) is 11.5 Å². The lowest BCUT2D eigenvalue weighted by Crippen LogP contribution is -1.98. The predicted octanol–water partition coefficient (Wildman–Crippen LogP) is 6.14. The molecule has 3 aromatic carbocycles. The topological polar surface area (TPSA) is 42.7 Å². The molecule has 0 unspecified atom stereocenters. The van der Waals surface area contributed by atoms with Gasteiger partial charge in [0.25, 0.3) is 0 Å². The number of anilines is 2. The molecule has 0 radical (unpaired) electrons. The number of fused-ring (bicyclic) bond motifs is 1. The van der Waals surface area contributed by atoms with E-state index in [0.717, 1.165) is 39.4 Å². The zero-order valence-corrected chi connectivity index (χ0v) is 16.1. The van der Waals surface area contributed by atoms with Crippen LogP contribution in [-0.2, 0) is 0 Å². The molecule has 0 saturated heterocycles. The molecule has 29 heavy (non-hydrogen) atoms. The first kappa shape index (κ1) is 17.2. The maximum absolute atomic E-state index is 4.64. The molecule has 0 spiro atoms. The number of nitrogens with one attached hydrogen (secondary N) is 1. The summed E-state index contributed by atoms with van der Waals surface area (Å²) < 4.78 is 2.13. The van der Waals surface area contributed by atoms with Gasteiger partial charge in [0.05, 0.1) is 5.39 Å². The van der Waals surface area contributed by atoms with Crippen LogP contribution in [-0.4, -0.2) is 14.5 Å². The number of nitrogens with zero attached hydrogens (tertiary/aromatic N) is 3. The van der Waals surface area contributed by atoms with Crippen molar-refractivity contribution < 1.29 is 0 Å². The van der Waals surface area contributed by atoms with Crippen molar-refractivity contribution >= 4 is 22.5 Å². The largest absolute Gasteiger partial charge is 0.340 e. The van der Waals surface area contributed by atoms with Gasteiger partial charge in [-0.1, -0.05) is 66.2 Å². The van der Waals surface area contributed by atoms with Gasteiger partial charge in [0.2, 0.25) is 0 Å². The summed E-state index contributed by atoms with van der Waals surface area (Å²) in [5, 5.41) is 4.47. The first-order valence-electron chi connectivity index (χ1n) is 9.60. The van der Waals surface area contributed by atoms with Crippen molar-refractivity contribution in [2.24, 2.45) is 0 Å². The molecule has 0 aliphatic heterocycles. The first-order chi connectivity index (χ1) is 14.3. The van der Waals surface area contributed by atoms with Gasteiger partial charge in [-0.05, 0) is 36.8 Å². The monoisotopic (exact) mass is 376 g/mol. The molecular weight excluding hydrogens is 356 g/mol. The Morgan fingerprint density at radius 2 is 1.45 bits per heavy atom. The van der Waals surface area contributed by atoms with Gasteiger partial charge < -0.3 is 9.88 Å². The molecule has 140 valence electrons. The van der Waals surface area contributed by atoms with E-state index in [1.165, 1.54) is 5.56 Å². The van der Waals surface area contributed by atoms with Gasteiger partial charge in [0, 0.05) is 23.1 Å². The molecule has 0 saturated carbocycles. The third-order valence-electron chi connectivity index (χ3n) is 5.02. The fourth-order valence-electron chi connectivity index (χ4n) is 3.55. The summed E-state index contributed by atoms with van der Waals surface area (Å²) in [4.78, 5) is 9.21. The molecule has 2 aromatic heterocycles. The lowest BCUT2D eigenvalue weighted by Gasteiger charge is -2.09. The fraction of sp³-hybridized carbons (Fsp3) is 0.0400. The molecule has 2 heterocycles. The minimum absolute atomic E-state index is 0.797. The minimum Gasteiger partial charge on any atom is -0.340 e. The Balaban J connectivity index is 1.76. The number of aromatic nitrogens is 3. The van der Waals surface area contributed by atoms with E-state index in [1.54, 1.807) is 6.33 Å². The second-order valence-corrected chi connectivity index (χ2v) is 7.03. The zero-order chi connectivity index (χ0) is 19.6. The van der Waals surface area contributed by atoms with Crippen LogP contribution in [0.5, 0.6) is 0 Å². The summed E-state index contributed by atoms with van der Waals surface area (Å²) >= 11 is 0. The van der Waals surface area contributed by atoms with Gasteiger partial charge in [-0.25, -0.2) is 9.97 Å². The number of para-hydroxylation sites is 1. The van der Waals surface area contributed by atoms with E-state index in [4.69, 9.17) is 0 Å². The van der Waals surface area contributed by atoms with E-state index in [-0.39, 0.29) is 0 Å². The summed E-state index contributed by atoms with van der Waals surface area (Å²) in [7, 11) is 0. The van der Waals surface area contributed by atoms with Crippen molar-refractivity contribution in [3.05, 3.63) is 103 Å². The van der Waals surface area contributed by atoms with Gasteiger partial charge in [0.1, 0.15) is 12.1 Å². The Labute approximate surface area is 169 Å². The summed E-state index contributed by atoms with van der Waals surface area (Å²) in [6, 6.07) is 28.9. The SMILES string of the molecule is Cc1ccc(-n2cc(-c3ccccc3)c3c(Nc4ccccc4)ncnc32)cc1. The van der Waals surface area contributed by atoms with Crippen molar-refractivity contribution in [2.75, 3.05) is 5.32 Å². The van der Waals surface area contributed by atoms with Crippen LogP contribution in [0.3, 0.4) is 0 Å². The Kier molecular flexibility index (Phi) is 4.30. The van der Waals surface area contributed by atoms with Crippen molar-refractivity contribution in [1.82, 2.24) is 14.5 Å². The van der Waals surface area contributed by atoms with E-state index < -0.39 is 0 Å². The number of hydrogen-bond donors (Lipinski definition) is 1. The predicted molar refractivity (Wildman–Crippen MR) is 119 cm³/mol. The quantitative estimate of drug-likeness (QED) is 0.410. The standard InChI is InChI=1S/C25H20N4/c1-18-12-14-21(15-13-18)29-16-22(19-8-4-2-5-9-19)23-24(26-17-27-25(23)29)28-20-10-6-3-7-11-20/h2-17H,1H3,(H,26,27,28). The molecule has 1 N–H and O–H groups in total. The lowest BCUT2D eigenvalue weighted by molar-refractivity contribution is 1.07. The Morgan fingerprint density at radius 1 is 0.759 bits per heavy atom. The average Bonchev–Trinajstić information content (AvgIpc) is 3.16. The van der Waals surface area contributed by atoms with Crippen LogP contribution in [0.15, 0.2) is 97.5 Å². The molecule has 5 aromatic rings. The van der Waals surface area contributed by atoms with E-state index in [2.05, 4.69) is 81.5 Å². The summed E-state index contributed by atoms with van der Waals surface area (Å²) in [5.41, 5.74) is 6.41. The number of benzene rings is 3. The normalized spacial score (nSPS) is 10.9. The molecule has 4 heteroatoms. The third kappa shape index (κ3) is 3.25. The second-order valence-electron chi connectivity index (χ2n) is 7.03. The van der Waals surface area contributed by atoms with E-state index in [0.29, 0.717) is 0 Å². The minimum atomic E-state index is 0.797. The molecule has 0 aliphatic rings. The molecular formula is C25H20N4. The van der Waals surface area contributed by atoms with Crippen LogP contribution >= 0.6 is 0 Å². The second kappa shape index (κ2) is 7.24. The summed E-state index contributed by atoms with van der Waals surface area (Å²) in [6.07, 6.45) is 3.77. The third-order valence-corrected chi connectivity index (χ3v) is 5.02. The summed E-state index contributed by atoms with van der Waals surface area (Å²) in [5.74, 6) is 0.797. The van der Waals surface area contributed by atoms with Crippen LogP contribution in [0, 0.1) is 6.92 Å². The molecule has 0 amide bonds. The van der Waals surface area contributed by atoms with Gasteiger partial charge in [-0.15, -0.1) is 0 Å². The molecule has 0 bridgehead atoms. The van der Waals surface area contributed by atoms with Crippen molar-refractivity contribution in [1.29, 1.82) is 0 Å². The van der Waals surface area contributed by atoms with Crippen LogP contribution < -0.4 is 5.32 Å². The Morgan fingerprint density at radius 3 is 2.17 bits per heavy atom. The van der Waals surface area contributed by atoms with Gasteiger partial charge in [-0.3, -0.25) is 0 Å². The smallest absolute Gasteiger partial charge is 0.150 e. The molecule has 4 nitrogen and oxygen atoms in total. The highest BCUT2D eigenvalue weighted by molar-refractivity contribution is 6.02. The van der Waals surface area contributed by atoms with Crippen LogP contribution in [0.1, 0.15) is 5.56 Å². The lowest BCUT2D eigenvalue weighted by atomic mass is 10.1. The van der Waals surface area contributed by atoms with E-state index in [1.807, 2.05) is 36.4 Å². The fourth-order valence-corrected chi connectivity index (χ4v) is 3.55. The maximum atomic E-state index is 4.64. The van der Waals surface area contributed by atoms with Crippen molar-refractivity contribution in [3.63, 3.8) is 0 Å². The molecule has 0 atom stereocenters. The highest BCUT2D eigenvalue weighted by Crippen LogP contribution is 2.36. The summed E-state index contributed by atoms with van der Waals surface area (Å²) in [6.45, 7) is 2.09. The van der Waals surface area contributed by atoms with Gasteiger partial charge in [-0.2, -0.15) is 0 Å². The number of rotatable bonds is 4. The zero-order valence-electron chi connectivity index (χ0n) is 16.1. The highest BCUT2D eigenvalue weighted by Gasteiger charge is 2.17. The molecule has 0 fully saturated rings. The average molecular weight is 376 g/mol. The van der Waals surface area contributed by atoms with Gasteiger partial charge >= 0.3 is 0 Å². The van der Waals surface area contributed by atoms with Crippen LogP contribution in [0.25, 0.3) is 27.8 Å². The van der Waals surface area contributed by atoms with E-state index >= 15 is 0 Å². The van der Waals surface area contributed by atoms with Gasteiger partial charge in [0.15, 0.2) is 5.65 Å². The van der Waals surface area contributed by atoms with Crippen molar-refractivity contribution in [2.45, 2.75) is 6.92 Å². The Bertz CT molecular complexity index is 1260. The number of hydrogen-bond acceptors (Lipinski definition) is 3. The maximum Gasteiger partial charge on any atom is 0.150 e. The van der Waals surface area contributed by atoms with E-state index in [9.17, 15) is 0 Å². The highest BCUT2D eigenvalue weighted by atomic mass is 15.1.